The van der Waals surface area contributed by atoms with Crippen molar-refractivity contribution in [3.63, 3.8) is 0 Å². The third-order valence-corrected chi connectivity index (χ3v) is 0.712. The van der Waals surface area contributed by atoms with Gasteiger partial charge in [-0.1, -0.05) is 0 Å². The highest BCUT2D eigenvalue weighted by Crippen LogP contribution is 1.86. The largest absolute Gasteiger partial charge is 0.481 e. The zero-order valence-corrected chi connectivity index (χ0v) is 4.57. The standard InChI is InChI=1S/C4H7NO4/c5-2(4(8)9)1-3(6)7/h2H,1,5H2,(H,6,7)(H,8,9)/t2-/m0/s1/i3+1,4+1. The van der Waals surface area contributed by atoms with Gasteiger partial charge in [0.1, 0.15) is 6.04 Å². The Labute approximate surface area is 51.1 Å². The third-order valence-electron chi connectivity index (χ3n) is 0.712. The summed E-state index contributed by atoms with van der Waals surface area (Å²) in [5.41, 5.74) is 4.84. The summed E-state index contributed by atoms with van der Waals surface area (Å²) < 4.78 is 0. The summed E-state index contributed by atoms with van der Waals surface area (Å²) in [5, 5.41) is 16.0. The second-order valence-electron chi connectivity index (χ2n) is 1.54. The van der Waals surface area contributed by atoms with Gasteiger partial charge in [-0.2, -0.15) is 0 Å². The number of hydrogen-bond acceptors (Lipinski definition) is 3. The van der Waals surface area contributed by atoms with Gasteiger partial charge in [0.05, 0.1) is 6.42 Å². The highest BCUT2D eigenvalue weighted by molar-refractivity contribution is 5.80. The van der Waals surface area contributed by atoms with Gasteiger partial charge in [0.25, 0.3) is 0 Å². The van der Waals surface area contributed by atoms with Crippen LogP contribution in [0.3, 0.4) is 0 Å². The minimum absolute atomic E-state index is 0.532. The Hall–Kier alpha value is -1.10. The van der Waals surface area contributed by atoms with E-state index in [1.54, 1.807) is 0 Å². The summed E-state index contributed by atoms with van der Waals surface area (Å²) in [4.78, 5) is 19.6. The number of carboxylic acids is 2. The predicted molar refractivity (Wildman–Crippen MR) is 27.9 cm³/mol. The van der Waals surface area contributed by atoms with Crippen LogP contribution >= 0.6 is 0 Å². The van der Waals surface area contributed by atoms with Crippen LogP contribution in [0.4, 0.5) is 0 Å². The number of rotatable bonds is 3. The fourth-order valence-electron chi connectivity index (χ4n) is 0.275. The molecule has 9 heavy (non-hydrogen) atoms. The van der Waals surface area contributed by atoms with Crippen molar-refractivity contribution < 1.29 is 19.8 Å². The Kier molecular flexibility index (Phi) is 2.66. The predicted octanol–water partition coefficient (Wildman–Crippen LogP) is -1.13. The lowest BCUT2D eigenvalue weighted by atomic mass is 10.4. The van der Waals surface area contributed by atoms with Gasteiger partial charge in [0, 0.05) is 0 Å². The molecule has 0 saturated carbocycles. The van der Waals surface area contributed by atoms with E-state index in [4.69, 9.17) is 15.9 Å². The molecule has 0 aromatic carbocycles. The maximum absolute atomic E-state index is 9.85. The smallest absolute Gasteiger partial charge is 0.321 e. The quantitative estimate of drug-likeness (QED) is 0.425. The van der Waals surface area contributed by atoms with E-state index in [9.17, 15) is 9.59 Å². The molecule has 0 unspecified atom stereocenters. The highest BCUT2D eigenvalue weighted by Gasteiger charge is 2.14. The number of aliphatic carboxylic acids is 2. The van der Waals surface area contributed by atoms with E-state index in [1.807, 2.05) is 0 Å². The fourth-order valence-corrected chi connectivity index (χ4v) is 0.275. The van der Waals surface area contributed by atoms with Gasteiger partial charge in [-0.25, -0.2) is 0 Å². The SMILES string of the molecule is N[C@@H](C[13C](=O)O)[13C](=O)O. The van der Waals surface area contributed by atoms with Crippen LogP contribution in [0.25, 0.3) is 0 Å². The summed E-state index contributed by atoms with van der Waals surface area (Å²) >= 11 is 0. The molecule has 5 nitrogen and oxygen atoms in total. The highest BCUT2D eigenvalue weighted by atomic mass is 16.5. The molecule has 0 rings (SSSR count). The van der Waals surface area contributed by atoms with Gasteiger partial charge in [0.2, 0.25) is 0 Å². The first-order valence-corrected chi connectivity index (χ1v) is 2.24. The van der Waals surface area contributed by atoms with Gasteiger partial charge in [-0.3, -0.25) is 9.59 Å². The fraction of sp³-hybridized carbons (Fsp3) is 0.500. The van der Waals surface area contributed by atoms with Crippen LogP contribution in [0.1, 0.15) is 6.42 Å². The van der Waals surface area contributed by atoms with Crippen molar-refractivity contribution in [3.8, 4) is 0 Å². The third kappa shape index (κ3) is 3.48. The first kappa shape index (κ1) is 7.90. The molecule has 0 aliphatic heterocycles. The van der Waals surface area contributed by atoms with Gasteiger partial charge in [-0.15, -0.1) is 0 Å². The molecule has 0 heterocycles. The molecule has 0 radical (unpaired) electrons. The van der Waals surface area contributed by atoms with Crippen LogP contribution in [0.2, 0.25) is 0 Å². The number of carbonyl (C=O) groups is 2. The Morgan fingerprint density at radius 3 is 2.00 bits per heavy atom. The number of hydrogen-bond donors (Lipinski definition) is 3. The average Bonchev–Trinajstić information content (AvgIpc) is 1.63. The van der Waals surface area contributed by atoms with E-state index < -0.39 is 24.4 Å². The molecule has 0 aliphatic carbocycles. The minimum Gasteiger partial charge on any atom is -0.481 e. The summed E-state index contributed by atoms with van der Waals surface area (Å²) in [6, 6.07) is -1.29. The van der Waals surface area contributed by atoms with Crippen molar-refractivity contribution in [1.82, 2.24) is 0 Å². The molecule has 4 N–H and O–H groups in total. The molecule has 0 saturated heterocycles. The Balaban J connectivity index is 3.63. The molecule has 0 bridgehead atoms. The van der Waals surface area contributed by atoms with Gasteiger partial charge >= 0.3 is 11.9 Å². The second kappa shape index (κ2) is 3.03. The topological polar surface area (TPSA) is 101 Å². The van der Waals surface area contributed by atoms with Crippen molar-refractivity contribution in [3.05, 3.63) is 0 Å². The Morgan fingerprint density at radius 1 is 1.44 bits per heavy atom. The van der Waals surface area contributed by atoms with E-state index in [1.165, 1.54) is 0 Å². The van der Waals surface area contributed by atoms with Crippen LogP contribution in [-0.2, 0) is 9.59 Å². The Bertz CT molecular complexity index is 133. The van der Waals surface area contributed by atoms with Crippen LogP contribution in [-0.4, -0.2) is 28.2 Å². The molecule has 1 atom stereocenters. The molecule has 0 amide bonds. The number of nitrogens with two attached hydrogens (primary N) is 1. The van der Waals surface area contributed by atoms with Gasteiger partial charge < -0.3 is 15.9 Å². The van der Waals surface area contributed by atoms with Crippen molar-refractivity contribution in [1.29, 1.82) is 0 Å². The van der Waals surface area contributed by atoms with E-state index in [0.717, 1.165) is 0 Å². The lowest BCUT2D eigenvalue weighted by Crippen LogP contribution is -2.32. The van der Waals surface area contributed by atoms with E-state index in [-0.39, 0.29) is 0 Å². The summed E-state index contributed by atoms with van der Waals surface area (Å²) in [7, 11) is 0. The van der Waals surface area contributed by atoms with Crippen LogP contribution in [0, 0.1) is 0 Å². The minimum atomic E-state index is -1.29. The molecule has 0 fully saturated rings. The molecular formula is C4H7NO4. The zero-order valence-electron chi connectivity index (χ0n) is 4.57. The van der Waals surface area contributed by atoms with Crippen LogP contribution in [0.5, 0.6) is 0 Å². The summed E-state index contributed by atoms with van der Waals surface area (Å²) in [6.07, 6.45) is -0.532. The summed E-state index contributed by atoms with van der Waals surface area (Å²) in [6.45, 7) is 0. The maximum atomic E-state index is 9.85. The van der Waals surface area contributed by atoms with Crippen molar-refractivity contribution in [2.24, 2.45) is 5.73 Å². The van der Waals surface area contributed by atoms with E-state index in [0.29, 0.717) is 0 Å². The molecule has 0 aromatic heterocycles. The molecule has 0 aromatic rings. The summed E-state index contributed by atoms with van der Waals surface area (Å²) in [5.74, 6) is -2.50. The maximum Gasteiger partial charge on any atom is 0.321 e. The van der Waals surface area contributed by atoms with Gasteiger partial charge in [0.15, 0.2) is 0 Å². The molecule has 0 aliphatic rings. The molecule has 5 heteroatoms. The first-order valence-electron chi connectivity index (χ1n) is 2.24. The molecule has 0 spiro atoms. The zero-order chi connectivity index (χ0) is 7.44. The van der Waals surface area contributed by atoms with Crippen molar-refractivity contribution in [2.75, 3.05) is 0 Å². The lowest BCUT2D eigenvalue weighted by Gasteiger charge is -1.99. The van der Waals surface area contributed by atoms with Gasteiger partial charge in [-0.05, 0) is 0 Å². The van der Waals surface area contributed by atoms with E-state index >= 15 is 0 Å². The average molecular weight is 135 g/mol. The molecular weight excluding hydrogens is 128 g/mol. The normalized spacial score (nSPS) is 12.6. The van der Waals surface area contributed by atoms with E-state index in [2.05, 4.69) is 0 Å². The lowest BCUT2D eigenvalue weighted by molar-refractivity contribution is -0.144. The molecule has 52 valence electrons. The van der Waals surface area contributed by atoms with Crippen molar-refractivity contribution in [2.45, 2.75) is 12.5 Å². The Morgan fingerprint density at radius 2 is 1.89 bits per heavy atom. The second-order valence-corrected chi connectivity index (χ2v) is 1.54. The monoisotopic (exact) mass is 135 g/mol. The number of carboxylic acid groups (broad SMARTS) is 2. The van der Waals surface area contributed by atoms with Crippen molar-refractivity contribution >= 4 is 11.9 Å². The first-order chi connectivity index (χ1) is 4.04. The van der Waals surface area contributed by atoms with Crippen LogP contribution in [0.15, 0.2) is 0 Å². The van der Waals surface area contributed by atoms with Crippen LogP contribution < -0.4 is 5.73 Å².